The number of hydrogen-bond acceptors (Lipinski definition) is 16. The zero-order chi connectivity index (χ0) is 31.2. The minimum atomic E-state index is -1.89. The summed E-state index contributed by atoms with van der Waals surface area (Å²) in [5.74, 6) is -1.96. The van der Waals surface area contributed by atoms with Gasteiger partial charge in [-0.3, -0.25) is 4.79 Å². The van der Waals surface area contributed by atoms with Gasteiger partial charge in [-0.2, -0.15) is 0 Å². The van der Waals surface area contributed by atoms with Crippen LogP contribution in [0, 0.1) is 0 Å². The van der Waals surface area contributed by atoms with Crippen LogP contribution < -0.4 is 14.9 Å². The van der Waals surface area contributed by atoms with Crippen molar-refractivity contribution in [2.45, 2.75) is 61.4 Å². The standard InChI is InChI=1S/C27H30O16/c28-7-14-17(32)20(35)22(37)26(41-14)39-11-5-12(31)16-13(6-11)40-24(9-1-3-10(30)4-2-9)25(19(16)34)43-27-23(38)21(36)18(33)15(8-29)42-27/h1-6,14-15,17-18,20-23,26-33,35-38H,7-8H2/t14-,15-,17-,18+,20+,21+,22-,23-,26-,27+/m1/s1. The second-order valence-electron chi connectivity index (χ2n) is 10.1. The van der Waals surface area contributed by atoms with Crippen molar-refractivity contribution in [1.82, 2.24) is 0 Å². The van der Waals surface area contributed by atoms with Crippen LogP contribution >= 0.6 is 0 Å². The van der Waals surface area contributed by atoms with E-state index in [1.165, 1.54) is 24.3 Å². The molecule has 0 amide bonds. The fourth-order valence-corrected chi connectivity index (χ4v) is 4.82. The smallest absolute Gasteiger partial charge is 0.239 e. The Morgan fingerprint density at radius 2 is 1.23 bits per heavy atom. The second-order valence-corrected chi connectivity index (χ2v) is 10.1. The van der Waals surface area contributed by atoms with Crippen LogP contribution in [-0.4, -0.2) is 126 Å². The molecule has 16 nitrogen and oxygen atoms in total. The summed E-state index contributed by atoms with van der Waals surface area (Å²) < 4.78 is 27.8. The van der Waals surface area contributed by atoms with Crippen molar-refractivity contribution in [1.29, 1.82) is 0 Å². The number of ether oxygens (including phenoxy) is 4. The molecule has 3 aromatic rings. The lowest BCUT2D eigenvalue weighted by Gasteiger charge is -2.39. The molecule has 0 spiro atoms. The van der Waals surface area contributed by atoms with Crippen molar-refractivity contribution in [3.8, 4) is 34.3 Å². The van der Waals surface area contributed by atoms with Crippen LogP contribution in [0.1, 0.15) is 0 Å². The van der Waals surface area contributed by atoms with Crippen molar-refractivity contribution in [2.24, 2.45) is 0 Å². The molecule has 3 heterocycles. The van der Waals surface area contributed by atoms with E-state index in [0.717, 1.165) is 12.1 Å². The van der Waals surface area contributed by atoms with E-state index in [1.54, 1.807) is 0 Å². The SMILES string of the molecule is O=c1c(O[C@@H]2O[C@H](CO)[C@H](O)[C@H](O)[C@H]2O)c(-c2ccc(O)cc2)oc2cc(O[C@@H]3O[C@H](CO)[C@@H](O)[C@H](O)[C@H]3O)cc(O)c12. The van der Waals surface area contributed by atoms with Gasteiger partial charge in [-0.15, -0.1) is 0 Å². The van der Waals surface area contributed by atoms with Crippen molar-refractivity contribution in [3.05, 3.63) is 46.6 Å². The molecule has 10 atom stereocenters. The molecule has 2 saturated heterocycles. The predicted octanol–water partition coefficient (Wildman–Crippen LogP) is -2.77. The average molecular weight is 611 g/mol. The first-order valence-corrected chi connectivity index (χ1v) is 13.0. The highest BCUT2D eigenvalue weighted by molar-refractivity contribution is 5.88. The molecule has 1 aromatic heterocycles. The molecule has 0 saturated carbocycles. The summed E-state index contributed by atoms with van der Waals surface area (Å²) in [7, 11) is 0. The molecular weight excluding hydrogens is 580 g/mol. The van der Waals surface area contributed by atoms with Crippen LogP contribution in [0.15, 0.2) is 45.6 Å². The number of rotatable bonds is 7. The van der Waals surface area contributed by atoms with Gasteiger partial charge in [0.1, 0.15) is 77.0 Å². The maximum absolute atomic E-state index is 13.7. The first-order chi connectivity index (χ1) is 20.4. The van der Waals surface area contributed by atoms with Gasteiger partial charge in [-0.1, -0.05) is 0 Å². The number of hydrogen-bond donors (Lipinski definition) is 10. The summed E-state index contributed by atoms with van der Waals surface area (Å²) in [6.07, 6.45) is -16.6. The molecule has 5 rings (SSSR count). The van der Waals surface area contributed by atoms with E-state index in [4.69, 9.17) is 23.4 Å². The summed E-state index contributed by atoms with van der Waals surface area (Å²) >= 11 is 0. The maximum atomic E-state index is 13.7. The Balaban J connectivity index is 1.58. The fraction of sp³-hybridized carbons (Fsp3) is 0.444. The van der Waals surface area contributed by atoms with E-state index in [2.05, 4.69) is 0 Å². The van der Waals surface area contributed by atoms with Crippen LogP contribution in [-0.2, 0) is 9.47 Å². The van der Waals surface area contributed by atoms with E-state index in [1.807, 2.05) is 0 Å². The minimum absolute atomic E-state index is 0.129. The van der Waals surface area contributed by atoms with Gasteiger partial charge < -0.3 is 74.4 Å². The number of aliphatic hydroxyl groups excluding tert-OH is 8. The first-order valence-electron chi connectivity index (χ1n) is 13.0. The predicted molar refractivity (Wildman–Crippen MR) is 140 cm³/mol. The molecule has 0 bridgehead atoms. The highest BCUT2D eigenvalue weighted by Gasteiger charge is 2.46. The lowest BCUT2D eigenvalue weighted by atomic mass is 9.99. The minimum Gasteiger partial charge on any atom is -0.508 e. The molecule has 234 valence electrons. The van der Waals surface area contributed by atoms with Crippen molar-refractivity contribution < 1.29 is 74.4 Å². The molecular formula is C27H30O16. The molecule has 0 unspecified atom stereocenters. The zero-order valence-corrected chi connectivity index (χ0v) is 22.1. The average Bonchev–Trinajstić information content (AvgIpc) is 2.98. The van der Waals surface area contributed by atoms with Gasteiger partial charge in [0.25, 0.3) is 0 Å². The van der Waals surface area contributed by atoms with Gasteiger partial charge in [0.2, 0.25) is 23.8 Å². The van der Waals surface area contributed by atoms with Crippen LogP contribution in [0.5, 0.6) is 23.0 Å². The molecule has 0 aliphatic carbocycles. The molecule has 2 aromatic carbocycles. The molecule has 2 fully saturated rings. The van der Waals surface area contributed by atoms with E-state index in [0.29, 0.717) is 0 Å². The van der Waals surface area contributed by atoms with Crippen LogP contribution in [0.2, 0.25) is 0 Å². The van der Waals surface area contributed by atoms with E-state index in [-0.39, 0.29) is 28.4 Å². The second kappa shape index (κ2) is 12.2. The molecule has 2 aliphatic rings. The number of aliphatic hydroxyl groups is 8. The third-order valence-electron chi connectivity index (χ3n) is 7.22. The zero-order valence-electron chi connectivity index (χ0n) is 22.1. The summed E-state index contributed by atoms with van der Waals surface area (Å²) in [6, 6.07) is 7.35. The Morgan fingerprint density at radius 1 is 0.698 bits per heavy atom. The summed E-state index contributed by atoms with van der Waals surface area (Å²) in [4.78, 5) is 13.7. The Kier molecular flexibility index (Phi) is 8.77. The van der Waals surface area contributed by atoms with Crippen molar-refractivity contribution >= 4 is 11.0 Å². The number of benzene rings is 2. The Labute approximate surface area is 241 Å². The number of fused-ring (bicyclic) bond motifs is 1. The lowest BCUT2D eigenvalue weighted by molar-refractivity contribution is -0.277. The summed E-state index contributed by atoms with van der Waals surface area (Å²) in [5, 5.41) is 100. The van der Waals surface area contributed by atoms with Crippen LogP contribution in [0.25, 0.3) is 22.3 Å². The van der Waals surface area contributed by atoms with Gasteiger partial charge in [-0.05, 0) is 24.3 Å². The number of aromatic hydroxyl groups is 2. The van der Waals surface area contributed by atoms with E-state index >= 15 is 0 Å². The Bertz CT molecular complexity index is 1490. The topological polar surface area (TPSA) is 269 Å². The Hall–Kier alpha value is -3.55. The molecule has 0 radical (unpaired) electrons. The summed E-state index contributed by atoms with van der Waals surface area (Å²) in [5.41, 5.74) is -1.11. The van der Waals surface area contributed by atoms with Gasteiger partial charge in [-0.25, -0.2) is 0 Å². The lowest BCUT2D eigenvalue weighted by Crippen LogP contribution is -2.60. The largest absolute Gasteiger partial charge is 0.508 e. The van der Waals surface area contributed by atoms with Crippen LogP contribution in [0.3, 0.4) is 0 Å². The third kappa shape index (κ3) is 5.73. The monoisotopic (exact) mass is 610 g/mol. The maximum Gasteiger partial charge on any atom is 0.239 e. The van der Waals surface area contributed by atoms with Gasteiger partial charge in [0.15, 0.2) is 5.76 Å². The normalized spacial score (nSPS) is 32.9. The third-order valence-corrected chi connectivity index (χ3v) is 7.22. The van der Waals surface area contributed by atoms with E-state index < -0.39 is 96.9 Å². The fourth-order valence-electron chi connectivity index (χ4n) is 4.82. The quantitative estimate of drug-likeness (QED) is 0.130. The first kappa shape index (κ1) is 30.9. The van der Waals surface area contributed by atoms with Gasteiger partial charge in [0.05, 0.1) is 13.2 Å². The van der Waals surface area contributed by atoms with Gasteiger partial charge in [0, 0.05) is 17.7 Å². The van der Waals surface area contributed by atoms with Crippen molar-refractivity contribution in [2.75, 3.05) is 13.2 Å². The Morgan fingerprint density at radius 3 is 1.77 bits per heavy atom. The number of phenolic OH excluding ortho intramolecular Hbond substituents is 2. The number of phenols is 2. The highest BCUT2D eigenvalue weighted by atomic mass is 16.7. The summed E-state index contributed by atoms with van der Waals surface area (Å²) in [6.45, 7) is -1.48. The van der Waals surface area contributed by atoms with E-state index in [9.17, 15) is 55.9 Å². The van der Waals surface area contributed by atoms with Crippen LogP contribution in [0.4, 0.5) is 0 Å². The molecule has 16 heteroatoms. The van der Waals surface area contributed by atoms with Gasteiger partial charge >= 0.3 is 0 Å². The molecule has 43 heavy (non-hydrogen) atoms. The molecule has 10 N–H and O–H groups in total. The molecule has 2 aliphatic heterocycles. The van der Waals surface area contributed by atoms with Crippen molar-refractivity contribution in [3.63, 3.8) is 0 Å². The highest BCUT2D eigenvalue weighted by Crippen LogP contribution is 2.38.